The molecule has 212 valence electrons. The van der Waals surface area contributed by atoms with Crippen molar-refractivity contribution in [3.05, 3.63) is 70.7 Å². The highest BCUT2D eigenvalue weighted by atomic mass is 19.2. The van der Waals surface area contributed by atoms with Gasteiger partial charge in [-0.3, -0.25) is 19.9 Å². The minimum atomic E-state index is -1.61. The lowest BCUT2D eigenvalue weighted by Gasteiger charge is -2.40. The number of carbonyl (C=O) groups excluding carboxylic acids is 1. The fourth-order valence-corrected chi connectivity index (χ4v) is 5.13. The summed E-state index contributed by atoms with van der Waals surface area (Å²) in [7, 11) is 1.47. The molecule has 1 amide bonds. The van der Waals surface area contributed by atoms with Crippen LogP contribution in [-0.2, 0) is 11.5 Å². The fourth-order valence-electron chi connectivity index (χ4n) is 5.13. The molecule has 2 N–H and O–H groups in total. The number of piperidine rings is 1. The molecule has 1 aliphatic rings. The number of rotatable bonds is 8. The van der Waals surface area contributed by atoms with E-state index < -0.39 is 47.2 Å². The number of hydrogen-bond acceptors (Lipinski definition) is 5. The van der Waals surface area contributed by atoms with Crippen molar-refractivity contribution in [3.63, 3.8) is 0 Å². The van der Waals surface area contributed by atoms with Crippen LogP contribution >= 0.6 is 0 Å². The van der Waals surface area contributed by atoms with Gasteiger partial charge in [-0.2, -0.15) is 0 Å². The number of carbonyl (C=O) groups is 1. The van der Waals surface area contributed by atoms with Gasteiger partial charge < -0.3 is 4.74 Å². The summed E-state index contributed by atoms with van der Waals surface area (Å²) < 4.78 is 75.5. The Hall–Kier alpha value is -3.75. The van der Waals surface area contributed by atoms with E-state index in [0.29, 0.717) is 35.8 Å². The van der Waals surface area contributed by atoms with Crippen LogP contribution in [0.15, 0.2) is 36.5 Å². The van der Waals surface area contributed by atoms with E-state index in [-0.39, 0.29) is 43.4 Å². The third-order valence-electron chi connectivity index (χ3n) is 7.45. The molecule has 0 bridgehead atoms. The average molecular weight is 562 g/mol. The topological polar surface area (TPSA) is 74.7 Å². The minimum Gasteiger partial charge on any atom is -0.497 e. The van der Waals surface area contributed by atoms with Gasteiger partial charge in [0.2, 0.25) is 5.91 Å². The quantitative estimate of drug-likeness (QED) is 0.124. The molecule has 1 unspecified atom stereocenters. The van der Waals surface area contributed by atoms with Crippen LogP contribution in [0, 0.1) is 34.7 Å². The summed E-state index contributed by atoms with van der Waals surface area (Å²) in [6, 6.07) is 6.18. The average Bonchev–Trinajstić information content (AvgIpc) is 2.97. The molecule has 6 nitrogen and oxygen atoms in total. The molecule has 1 aromatic heterocycles. The monoisotopic (exact) mass is 561 g/mol. The van der Waals surface area contributed by atoms with Gasteiger partial charge in [0.25, 0.3) is 0 Å². The van der Waals surface area contributed by atoms with Crippen LogP contribution in [0.4, 0.5) is 22.0 Å². The molecule has 1 atom stereocenters. The molecule has 2 heterocycles. The smallest absolute Gasteiger partial charge is 0.249 e. The maximum absolute atomic E-state index is 15.8. The predicted molar refractivity (Wildman–Crippen MR) is 137 cm³/mol. The van der Waals surface area contributed by atoms with Gasteiger partial charge in [-0.05, 0) is 49.9 Å². The van der Waals surface area contributed by atoms with Gasteiger partial charge in [0, 0.05) is 41.9 Å². The van der Waals surface area contributed by atoms with Crippen molar-refractivity contribution in [2.45, 2.75) is 38.5 Å². The SMILES string of the molecule is COc1ccc2ncc(CF)c(C(F)CCC3(C(=O)NO)CCN(CC#Cc4cc(F)cc(F)c4F)CC3)c2c1. The molecule has 1 aliphatic heterocycles. The molecule has 1 fully saturated rings. The molecule has 4 rings (SSSR count). The number of pyridine rings is 1. The number of ether oxygens (including phenoxy) is 1. The van der Waals surface area contributed by atoms with Crippen molar-refractivity contribution in [1.29, 1.82) is 0 Å². The van der Waals surface area contributed by atoms with Gasteiger partial charge in [-0.15, -0.1) is 0 Å². The third kappa shape index (κ3) is 6.18. The number of aromatic nitrogens is 1. The summed E-state index contributed by atoms with van der Waals surface area (Å²) in [5, 5.41) is 9.84. The molecule has 2 aromatic carbocycles. The van der Waals surface area contributed by atoms with Crippen molar-refractivity contribution in [1.82, 2.24) is 15.4 Å². The summed E-state index contributed by atoms with van der Waals surface area (Å²) in [6.07, 6.45) is 0.178. The third-order valence-corrected chi connectivity index (χ3v) is 7.45. The second kappa shape index (κ2) is 12.6. The van der Waals surface area contributed by atoms with Gasteiger partial charge in [-0.25, -0.2) is 27.4 Å². The van der Waals surface area contributed by atoms with Crippen molar-refractivity contribution >= 4 is 16.8 Å². The molecule has 0 radical (unpaired) electrons. The van der Waals surface area contributed by atoms with E-state index in [1.807, 2.05) is 4.90 Å². The Balaban J connectivity index is 1.47. The van der Waals surface area contributed by atoms with E-state index in [1.54, 1.807) is 23.7 Å². The van der Waals surface area contributed by atoms with Gasteiger partial charge >= 0.3 is 0 Å². The lowest BCUT2D eigenvalue weighted by atomic mass is 9.73. The van der Waals surface area contributed by atoms with Gasteiger partial charge in [-0.1, -0.05) is 11.8 Å². The molecule has 11 heteroatoms. The fraction of sp³-hybridized carbons (Fsp3) is 0.379. The van der Waals surface area contributed by atoms with E-state index in [4.69, 9.17) is 4.74 Å². The lowest BCUT2D eigenvalue weighted by Crippen LogP contribution is -2.48. The first-order valence-corrected chi connectivity index (χ1v) is 12.7. The molecule has 1 saturated heterocycles. The van der Waals surface area contributed by atoms with Gasteiger partial charge in [0.15, 0.2) is 11.6 Å². The first-order chi connectivity index (χ1) is 19.2. The number of nitrogens with one attached hydrogen (secondary N) is 1. The molecule has 0 aliphatic carbocycles. The van der Waals surface area contributed by atoms with Crippen LogP contribution < -0.4 is 10.2 Å². The largest absolute Gasteiger partial charge is 0.497 e. The number of methoxy groups -OCH3 is 1. The Morgan fingerprint density at radius 3 is 2.65 bits per heavy atom. The Morgan fingerprint density at radius 1 is 1.23 bits per heavy atom. The summed E-state index contributed by atoms with van der Waals surface area (Å²) in [6.45, 7) is -0.0700. The number of halogens is 5. The summed E-state index contributed by atoms with van der Waals surface area (Å²) >= 11 is 0. The van der Waals surface area contributed by atoms with Crippen LogP contribution in [0.1, 0.15) is 48.5 Å². The predicted octanol–water partition coefficient (Wildman–Crippen LogP) is 5.56. The van der Waals surface area contributed by atoms with Gasteiger partial charge in [0.1, 0.15) is 24.4 Å². The van der Waals surface area contributed by atoms with Crippen molar-refractivity contribution in [3.8, 4) is 17.6 Å². The number of hydrogen-bond donors (Lipinski definition) is 2. The maximum Gasteiger partial charge on any atom is 0.249 e. The van der Waals surface area contributed by atoms with E-state index >= 15 is 4.39 Å². The van der Waals surface area contributed by atoms with Crippen molar-refractivity contribution < 1.29 is 36.7 Å². The highest BCUT2D eigenvalue weighted by molar-refractivity contribution is 5.85. The van der Waals surface area contributed by atoms with Gasteiger partial charge in [0.05, 0.1) is 30.1 Å². The number of alkyl halides is 2. The highest BCUT2D eigenvalue weighted by Gasteiger charge is 2.41. The van der Waals surface area contributed by atoms with Crippen molar-refractivity contribution in [2.24, 2.45) is 5.41 Å². The molecule has 0 spiro atoms. The van der Waals surface area contributed by atoms with E-state index in [0.717, 1.165) is 6.07 Å². The number of nitrogens with zero attached hydrogens (tertiary/aromatic N) is 2. The first-order valence-electron chi connectivity index (χ1n) is 12.7. The number of fused-ring (bicyclic) bond motifs is 1. The minimum absolute atomic E-state index is 0.0768. The van der Waals surface area contributed by atoms with Crippen LogP contribution in [0.2, 0.25) is 0 Å². The van der Waals surface area contributed by atoms with Crippen LogP contribution in [0.5, 0.6) is 5.75 Å². The highest BCUT2D eigenvalue weighted by Crippen LogP contribution is 2.41. The summed E-state index contributed by atoms with van der Waals surface area (Å²) in [4.78, 5) is 18.8. The zero-order valence-electron chi connectivity index (χ0n) is 21.7. The number of amides is 1. The Morgan fingerprint density at radius 2 is 1.98 bits per heavy atom. The first kappa shape index (κ1) is 29.2. The Kier molecular flexibility index (Phi) is 9.22. The number of benzene rings is 2. The van der Waals surface area contributed by atoms with E-state index in [1.165, 1.54) is 13.3 Å². The standard InChI is InChI=1S/C29H28F5N3O3/c1-40-21-4-5-25-22(15-21)26(19(16-30)17-35-25)23(32)6-7-29(28(38)36-39)8-11-37(12-9-29)10-2-3-18-13-20(31)14-24(33)27(18)34/h4-5,13-15,17,23,39H,6-12,16H2,1H3,(H,36,38). The molecule has 40 heavy (non-hydrogen) atoms. The van der Waals surface area contributed by atoms with E-state index in [2.05, 4.69) is 16.8 Å². The zero-order valence-corrected chi connectivity index (χ0v) is 21.7. The maximum atomic E-state index is 15.8. The van der Waals surface area contributed by atoms with E-state index in [9.17, 15) is 27.6 Å². The zero-order chi connectivity index (χ0) is 28.9. The summed E-state index contributed by atoms with van der Waals surface area (Å²) in [5.74, 6) is 1.44. The molecule has 3 aromatic rings. The van der Waals surface area contributed by atoms with Crippen LogP contribution in [0.3, 0.4) is 0 Å². The van der Waals surface area contributed by atoms with Crippen molar-refractivity contribution in [2.75, 3.05) is 26.7 Å². The molecular weight excluding hydrogens is 533 g/mol. The summed E-state index contributed by atoms with van der Waals surface area (Å²) in [5.41, 5.74) is 0.954. The van der Waals surface area contributed by atoms with Crippen LogP contribution in [0.25, 0.3) is 10.9 Å². The van der Waals surface area contributed by atoms with Crippen LogP contribution in [-0.4, -0.2) is 47.7 Å². The Bertz CT molecular complexity index is 1440. The lowest BCUT2D eigenvalue weighted by molar-refractivity contribution is -0.143. The normalized spacial score (nSPS) is 15.8. The Labute approximate surface area is 228 Å². The number of likely N-dealkylation sites (tertiary alicyclic amines) is 1. The second-order valence-electron chi connectivity index (χ2n) is 9.77. The molecule has 0 saturated carbocycles. The number of hydroxylamine groups is 1. The molecular formula is C29H28F5N3O3. The second-order valence-corrected chi connectivity index (χ2v) is 9.77.